The number of pyridine rings is 1. The summed E-state index contributed by atoms with van der Waals surface area (Å²) in [6, 6.07) is 4.91. The van der Waals surface area contributed by atoms with E-state index in [0.29, 0.717) is 43.5 Å². The number of sulfonamides is 1. The number of carbonyl (C=O) groups excluding carboxylic acids is 4. The van der Waals surface area contributed by atoms with Gasteiger partial charge in [0.2, 0.25) is 21.8 Å². The number of carbonyl (C=O) groups is 4. The molecule has 2 aliphatic carbocycles. The predicted octanol–water partition coefficient (Wildman–Crippen LogP) is 8.28. The average molecular weight is 861 g/mol. The largest absolute Gasteiger partial charge is 0.488 e. The Kier molecular flexibility index (Phi) is 12.1. The Balaban J connectivity index is 1.24. The molecule has 324 valence electrons. The summed E-state index contributed by atoms with van der Waals surface area (Å²) in [6.45, 7) is 15.3. The lowest BCUT2D eigenvalue weighted by Crippen LogP contribution is -2.47. The number of ketones is 1. The Morgan fingerprint density at radius 2 is 1.83 bits per heavy atom. The molecule has 3 fully saturated rings. The van der Waals surface area contributed by atoms with Gasteiger partial charge in [0.15, 0.2) is 5.78 Å². The lowest BCUT2D eigenvalue weighted by atomic mass is 9.90. The number of amides is 2. The molecular weight excluding hydrogens is 801 g/mol. The molecule has 0 bridgehead atoms. The highest BCUT2D eigenvalue weighted by molar-refractivity contribution is 7.91. The molecule has 4 aliphatic rings. The van der Waals surface area contributed by atoms with Crippen LogP contribution in [0.15, 0.2) is 35.7 Å². The molecule has 1 aromatic carbocycles. The lowest BCUT2D eigenvalue weighted by Gasteiger charge is -2.29. The molecule has 7 rings (SSSR count). The summed E-state index contributed by atoms with van der Waals surface area (Å²) < 4.78 is 40.5. The molecule has 2 saturated carbocycles. The van der Waals surface area contributed by atoms with Crippen molar-refractivity contribution in [1.29, 1.82) is 0 Å². The number of nitrogens with one attached hydrogen (secondary N) is 1. The van der Waals surface area contributed by atoms with Gasteiger partial charge in [-0.15, -0.1) is 11.3 Å². The van der Waals surface area contributed by atoms with Gasteiger partial charge in [-0.05, 0) is 109 Å². The summed E-state index contributed by atoms with van der Waals surface area (Å²) in [4.78, 5) is 68.5. The van der Waals surface area contributed by atoms with Gasteiger partial charge in [-0.2, -0.15) is 0 Å². The quantitative estimate of drug-likeness (QED) is 0.164. The number of esters is 1. The van der Waals surface area contributed by atoms with Crippen molar-refractivity contribution < 1.29 is 37.1 Å². The zero-order valence-corrected chi connectivity index (χ0v) is 37.9. The predicted molar refractivity (Wildman–Crippen MR) is 232 cm³/mol. The summed E-state index contributed by atoms with van der Waals surface area (Å²) in [5.41, 5.74) is 2.48. The summed E-state index contributed by atoms with van der Waals surface area (Å²) in [6.07, 6.45) is 7.92. The molecule has 14 heteroatoms. The summed E-state index contributed by atoms with van der Waals surface area (Å²) in [7, 11) is -3.95. The van der Waals surface area contributed by atoms with Crippen molar-refractivity contribution in [3.8, 4) is 16.5 Å². The number of ether oxygens (including phenoxy) is 2. The number of Topliss-reactive ketones (excluding diaryl/α,β-unsaturated/α-hetero) is 1. The lowest BCUT2D eigenvalue weighted by molar-refractivity contribution is -0.159. The van der Waals surface area contributed by atoms with E-state index in [-0.39, 0.29) is 49.3 Å². The van der Waals surface area contributed by atoms with Crippen LogP contribution in [0.25, 0.3) is 21.6 Å². The molecular formula is C46H60N4O8S2. The van der Waals surface area contributed by atoms with Gasteiger partial charge in [0, 0.05) is 35.6 Å². The number of nitrogens with zero attached hydrogens (tertiary/aromatic N) is 3. The molecule has 3 aromatic rings. The highest BCUT2D eigenvalue weighted by Gasteiger charge is 2.62. The van der Waals surface area contributed by atoms with Gasteiger partial charge in [-0.1, -0.05) is 44.9 Å². The third kappa shape index (κ3) is 9.19. The molecule has 5 atom stereocenters. The van der Waals surface area contributed by atoms with Crippen LogP contribution in [0.5, 0.6) is 5.75 Å². The summed E-state index contributed by atoms with van der Waals surface area (Å²) in [5.74, 6) is -2.07. The van der Waals surface area contributed by atoms with E-state index in [4.69, 9.17) is 19.4 Å². The molecule has 1 saturated heterocycles. The molecule has 0 unspecified atom stereocenters. The highest BCUT2D eigenvalue weighted by atomic mass is 32.2. The second kappa shape index (κ2) is 16.6. The molecule has 0 radical (unpaired) electrons. The maximum atomic E-state index is 14.8. The van der Waals surface area contributed by atoms with Crippen LogP contribution in [0.1, 0.15) is 135 Å². The van der Waals surface area contributed by atoms with Crippen LogP contribution in [0.4, 0.5) is 0 Å². The normalized spacial score (nSPS) is 26.4. The van der Waals surface area contributed by atoms with E-state index in [1.165, 1.54) is 11.3 Å². The van der Waals surface area contributed by atoms with Crippen molar-refractivity contribution in [2.24, 2.45) is 17.3 Å². The third-order valence-corrected chi connectivity index (χ3v) is 15.9. The molecule has 2 aliphatic heterocycles. The smallest absolute Gasteiger partial charge is 0.307 e. The van der Waals surface area contributed by atoms with E-state index >= 15 is 0 Å². The van der Waals surface area contributed by atoms with Crippen LogP contribution < -0.4 is 9.46 Å². The van der Waals surface area contributed by atoms with Gasteiger partial charge in [-0.3, -0.25) is 23.9 Å². The first-order valence-electron chi connectivity index (χ1n) is 21.5. The molecule has 12 nitrogen and oxygen atoms in total. The van der Waals surface area contributed by atoms with Gasteiger partial charge in [0.25, 0.3) is 0 Å². The second-order valence-corrected chi connectivity index (χ2v) is 22.2. The van der Waals surface area contributed by atoms with Crippen LogP contribution in [0.2, 0.25) is 0 Å². The standard InChI is InChI=1S/C46H60N4O8S2/c1-27(2)35-26-59-41(48-35)34-22-38(33-17-16-28(3)29(4)40(33)47-34)57-32-21-36-37(51)24-46(43(54)49-60(55,56)45(8)18-19-45)23-31(46)15-13-11-9-10-12-14-30(42(53)50(36)25-32)20-39(52)58-44(5,6)7/h13,15-17,22,26-27,30-32,36H,9-12,14,18-21,23-25H2,1-8H3,(H,49,54)/b15-13-/t30-,31-,32-,36+,46-/m1/s1. The molecule has 1 N–H and O–H groups in total. The van der Waals surface area contributed by atoms with Crippen molar-refractivity contribution in [2.75, 3.05) is 6.54 Å². The zero-order valence-electron chi connectivity index (χ0n) is 36.3. The number of benzene rings is 1. The third-order valence-electron chi connectivity index (χ3n) is 12.9. The van der Waals surface area contributed by atoms with Gasteiger partial charge in [0.05, 0.1) is 40.4 Å². The molecule has 2 aromatic heterocycles. The molecule has 2 amide bonds. The van der Waals surface area contributed by atoms with E-state index in [2.05, 4.69) is 18.6 Å². The minimum absolute atomic E-state index is 0.0774. The van der Waals surface area contributed by atoms with E-state index in [1.807, 2.05) is 49.6 Å². The SMILES string of the molecule is Cc1ccc2c(O[C@@H]3C[C@H]4C(=O)C[C@]5(C(=O)NS(=O)(=O)C6(C)CC6)C[C@H]5/C=C\CCCCC[C@H](CC(=O)OC(C)(C)C)C(=O)N4C3)cc(-c3nc(C(C)C)cs3)nc2c1C. The number of aryl methyl sites for hydroxylation is 2. The van der Waals surface area contributed by atoms with Crippen molar-refractivity contribution in [1.82, 2.24) is 19.6 Å². The fourth-order valence-corrected chi connectivity index (χ4v) is 10.8. The van der Waals surface area contributed by atoms with Gasteiger partial charge >= 0.3 is 5.97 Å². The van der Waals surface area contributed by atoms with Crippen molar-refractivity contribution >= 4 is 55.8 Å². The topological polar surface area (TPSA) is 162 Å². The van der Waals surface area contributed by atoms with E-state index in [1.54, 1.807) is 32.6 Å². The Hall–Kier alpha value is -4.17. The number of fused-ring (bicyclic) bond motifs is 3. The van der Waals surface area contributed by atoms with Gasteiger partial charge < -0.3 is 14.4 Å². The molecule has 0 spiro atoms. The van der Waals surface area contributed by atoms with E-state index in [0.717, 1.165) is 52.0 Å². The maximum absolute atomic E-state index is 14.8. The van der Waals surface area contributed by atoms with Crippen LogP contribution >= 0.6 is 11.3 Å². The first-order chi connectivity index (χ1) is 28.2. The average Bonchev–Trinajstić information content (AvgIpc) is 3.94. The van der Waals surface area contributed by atoms with E-state index < -0.39 is 55.7 Å². The van der Waals surface area contributed by atoms with Crippen LogP contribution in [0.3, 0.4) is 0 Å². The Morgan fingerprint density at radius 3 is 2.52 bits per heavy atom. The Morgan fingerprint density at radius 1 is 1.08 bits per heavy atom. The summed E-state index contributed by atoms with van der Waals surface area (Å²) >= 11 is 1.52. The molecule has 60 heavy (non-hydrogen) atoms. The van der Waals surface area contributed by atoms with Crippen LogP contribution in [-0.4, -0.2) is 75.9 Å². The number of aromatic nitrogens is 2. The number of rotatable bonds is 9. The van der Waals surface area contributed by atoms with E-state index in [9.17, 15) is 27.6 Å². The van der Waals surface area contributed by atoms with Crippen molar-refractivity contribution in [3.05, 3.63) is 52.6 Å². The van der Waals surface area contributed by atoms with Crippen LogP contribution in [-0.2, 0) is 33.9 Å². The molecule has 4 heterocycles. The van der Waals surface area contributed by atoms with Crippen LogP contribution in [0, 0.1) is 31.1 Å². The van der Waals surface area contributed by atoms with Crippen molar-refractivity contribution in [3.63, 3.8) is 0 Å². The van der Waals surface area contributed by atoms with Gasteiger partial charge in [0.1, 0.15) is 28.2 Å². The first kappa shape index (κ1) is 43.9. The maximum Gasteiger partial charge on any atom is 0.307 e. The zero-order chi connectivity index (χ0) is 43.4. The minimum Gasteiger partial charge on any atom is -0.488 e. The Bertz CT molecular complexity index is 2320. The van der Waals surface area contributed by atoms with Crippen molar-refractivity contribution in [2.45, 2.75) is 154 Å². The fraction of sp³-hybridized carbons (Fsp3) is 0.609. The number of hydrogen-bond acceptors (Lipinski definition) is 11. The second-order valence-electron chi connectivity index (χ2n) is 19.2. The highest BCUT2D eigenvalue weighted by Crippen LogP contribution is 2.57. The summed E-state index contributed by atoms with van der Waals surface area (Å²) in [5, 5.41) is 3.59. The fourth-order valence-electron chi connectivity index (χ4n) is 8.56. The first-order valence-corrected chi connectivity index (χ1v) is 23.9. The number of thiazole rings is 1. The number of hydrogen-bond donors (Lipinski definition) is 1. The minimum atomic E-state index is -3.95. The van der Waals surface area contributed by atoms with Gasteiger partial charge in [-0.25, -0.2) is 18.4 Å². The Labute approximate surface area is 358 Å². The number of allylic oxidation sites excluding steroid dienone is 2. The monoisotopic (exact) mass is 860 g/mol.